The van der Waals surface area contributed by atoms with Crippen molar-refractivity contribution in [1.82, 2.24) is 4.90 Å². The zero-order valence-electron chi connectivity index (χ0n) is 16.9. The van der Waals surface area contributed by atoms with Crippen molar-refractivity contribution in [2.24, 2.45) is 0 Å². The second kappa shape index (κ2) is 9.46. The van der Waals surface area contributed by atoms with Crippen LogP contribution in [0.5, 0.6) is 0 Å². The van der Waals surface area contributed by atoms with Gasteiger partial charge in [-0.25, -0.2) is 4.39 Å². The molecule has 8 heteroatoms. The molecule has 32 heavy (non-hydrogen) atoms. The highest BCUT2D eigenvalue weighted by atomic mass is 35.5. The number of amides is 2. The molecule has 0 bridgehead atoms. The summed E-state index contributed by atoms with van der Waals surface area (Å²) in [5.41, 5.74) is 1.96. The molecule has 1 aliphatic heterocycles. The van der Waals surface area contributed by atoms with E-state index in [9.17, 15) is 14.0 Å². The second-order valence-electron chi connectivity index (χ2n) is 7.32. The van der Waals surface area contributed by atoms with Crippen LogP contribution in [0.15, 0.2) is 78.9 Å². The van der Waals surface area contributed by atoms with Crippen molar-refractivity contribution in [3.05, 3.63) is 95.3 Å². The molecule has 1 atom stereocenters. The van der Waals surface area contributed by atoms with Crippen LogP contribution in [-0.2, 0) is 16.1 Å². The zero-order chi connectivity index (χ0) is 22.7. The number of carbonyl (C=O) groups excluding carboxylic acids is 2. The summed E-state index contributed by atoms with van der Waals surface area (Å²) < 4.78 is 13.1. The molecule has 1 fully saturated rings. The van der Waals surface area contributed by atoms with Crippen LogP contribution >= 0.6 is 23.8 Å². The molecule has 5 nitrogen and oxygen atoms in total. The second-order valence-corrected chi connectivity index (χ2v) is 8.13. The van der Waals surface area contributed by atoms with Gasteiger partial charge in [0.2, 0.25) is 5.91 Å². The summed E-state index contributed by atoms with van der Waals surface area (Å²) in [6, 6.07) is 21.1. The SMILES string of the molecule is O=C(CC1C(=O)N(c2cccc(Cl)c2)C(=S)N1Cc1ccccc1)Nc1ccc(F)cc1. The Balaban J connectivity index is 1.60. The summed E-state index contributed by atoms with van der Waals surface area (Å²) in [5, 5.41) is 3.50. The van der Waals surface area contributed by atoms with E-state index in [-0.39, 0.29) is 18.2 Å². The first-order chi connectivity index (χ1) is 15.4. The number of halogens is 2. The third kappa shape index (κ3) is 4.79. The normalized spacial score (nSPS) is 15.9. The number of nitrogens with zero attached hydrogens (tertiary/aromatic N) is 2. The van der Waals surface area contributed by atoms with Gasteiger partial charge in [0.15, 0.2) is 5.11 Å². The fourth-order valence-corrected chi connectivity index (χ4v) is 4.14. The Kier molecular flexibility index (Phi) is 6.48. The topological polar surface area (TPSA) is 52.7 Å². The number of benzene rings is 3. The molecule has 1 saturated heterocycles. The van der Waals surface area contributed by atoms with Gasteiger partial charge in [0, 0.05) is 17.3 Å². The van der Waals surface area contributed by atoms with E-state index in [0.717, 1.165) is 5.56 Å². The summed E-state index contributed by atoms with van der Waals surface area (Å²) >= 11 is 11.8. The van der Waals surface area contributed by atoms with Gasteiger partial charge in [-0.05, 0) is 60.2 Å². The Morgan fingerprint density at radius 3 is 2.44 bits per heavy atom. The molecule has 1 heterocycles. The van der Waals surface area contributed by atoms with Crippen LogP contribution < -0.4 is 10.2 Å². The Morgan fingerprint density at radius 2 is 1.75 bits per heavy atom. The van der Waals surface area contributed by atoms with E-state index < -0.39 is 11.9 Å². The minimum absolute atomic E-state index is 0.111. The van der Waals surface area contributed by atoms with Gasteiger partial charge < -0.3 is 10.2 Å². The van der Waals surface area contributed by atoms with E-state index in [1.54, 1.807) is 29.2 Å². The Hall–Kier alpha value is -3.29. The lowest BCUT2D eigenvalue weighted by molar-refractivity contribution is -0.124. The first-order valence-corrected chi connectivity index (χ1v) is 10.7. The molecule has 4 rings (SSSR count). The molecule has 0 saturated carbocycles. The maximum atomic E-state index is 13.4. The minimum atomic E-state index is -0.790. The van der Waals surface area contributed by atoms with Gasteiger partial charge in [0.05, 0.1) is 12.1 Å². The predicted molar refractivity (Wildman–Crippen MR) is 127 cm³/mol. The maximum absolute atomic E-state index is 13.4. The summed E-state index contributed by atoms with van der Waals surface area (Å²) in [5.74, 6) is -1.07. The van der Waals surface area contributed by atoms with Crippen molar-refractivity contribution in [2.45, 2.75) is 19.0 Å². The first-order valence-electron chi connectivity index (χ1n) is 9.92. The molecule has 0 spiro atoms. The quantitative estimate of drug-likeness (QED) is 0.518. The molecule has 3 aromatic rings. The number of thiocarbonyl (C=S) groups is 1. The van der Waals surface area contributed by atoms with Crippen LogP contribution in [0.1, 0.15) is 12.0 Å². The summed E-state index contributed by atoms with van der Waals surface area (Å²) in [7, 11) is 0. The number of hydrogen-bond acceptors (Lipinski definition) is 3. The highest BCUT2D eigenvalue weighted by Gasteiger charge is 2.44. The molecule has 3 aromatic carbocycles. The number of carbonyl (C=O) groups is 2. The van der Waals surface area contributed by atoms with Crippen LogP contribution in [-0.4, -0.2) is 27.9 Å². The highest BCUT2D eigenvalue weighted by molar-refractivity contribution is 7.80. The van der Waals surface area contributed by atoms with Gasteiger partial charge in [-0.1, -0.05) is 48.0 Å². The zero-order valence-corrected chi connectivity index (χ0v) is 18.4. The van der Waals surface area contributed by atoms with Crippen LogP contribution in [0.4, 0.5) is 15.8 Å². The van der Waals surface area contributed by atoms with Gasteiger partial charge in [-0.2, -0.15) is 0 Å². The average Bonchev–Trinajstić information content (AvgIpc) is 3.00. The third-order valence-electron chi connectivity index (χ3n) is 5.09. The molecule has 1 unspecified atom stereocenters. The van der Waals surface area contributed by atoms with Crippen molar-refractivity contribution in [1.29, 1.82) is 0 Å². The van der Waals surface area contributed by atoms with Crippen LogP contribution in [0, 0.1) is 5.82 Å². The van der Waals surface area contributed by atoms with E-state index in [4.69, 9.17) is 23.8 Å². The number of rotatable bonds is 6. The summed E-state index contributed by atoms with van der Waals surface area (Å²) in [6.07, 6.45) is -0.111. The smallest absolute Gasteiger partial charge is 0.256 e. The van der Waals surface area contributed by atoms with Crippen molar-refractivity contribution in [3.8, 4) is 0 Å². The number of anilines is 2. The minimum Gasteiger partial charge on any atom is -0.332 e. The lowest BCUT2D eigenvalue weighted by atomic mass is 10.1. The highest BCUT2D eigenvalue weighted by Crippen LogP contribution is 2.30. The third-order valence-corrected chi connectivity index (χ3v) is 5.74. The van der Waals surface area contributed by atoms with Gasteiger partial charge in [-0.15, -0.1) is 0 Å². The maximum Gasteiger partial charge on any atom is 0.256 e. The molecule has 0 aliphatic carbocycles. The lowest BCUT2D eigenvalue weighted by Gasteiger charge is -2.24. The molecule has 162 valence electrons. The van der Waals surface area contributed by atoms with Gasteiger partial charge in [0.1, 0.15) is 11.9 Å². The van der Waals surface area contributed by atoms with E-state index in [1.807, 2.05) is 30.3 Å². The summed E-state index contributed by atoms with van der Waals surface area (Å²) in [4.78, 5) is 29.3. The van der Waals surface area contributed by atoms with Gasteiger partial charge in [0.25, 0.3) is 5.91 Å². The standard InChI is InChI=1S/C24H19ClFN3O2S/c25-17-7-4-8-20(13-17)29-23(31)21(14-22(30)27-19-11-9-18(26)10-12-19)28(24(29)32)15-16-5-2-1-3-6-16/h1-13,21H,14-15H2,(H,27,30). The van der Waals surface area contributed by atoms with Crippen molar-refractivity contribution < 1.29 is 14.0 Å². The molecule has 2 amide bonds. The van der Waals surface area contributed by atoms with Crippen LogP contribution in [0.25, 0.3) is 0 Å². The molecule has 1 aliphatic rings. The van der Waals surface area contributed by atoms with E-state index in [1.165, 1.54) is 29.2 Å². The van der Waals surface area contributed by atoms with Gasteiger partial charge >= 0.3 is 0 Å². The fraction of sp³-hybridized carbons (Fsp3) is 0.125. The fourth-order valence-electron chi connectivity index (χ4n) is 3.57. The molecule has 0 radical (unpaired) electrons. The van der Waals surface area contributed by atoms with E-state index in [2.05, 4.69) is 5.32 Å². The molecular weight excluding hydrogens is 449 g/mol. The Morgan fingerprint density at radius 1 is 1.03 bits per heavy atom. The van der Waals surface area contributed by atoms with Crippen LogP contribution in [0.2, 0.25) is 5.02 Å². The van der Waals surface area contributed by atoms with Gasteiger partial charge in [-0.3, -0.25) is 14.5 Å². The van der Waals surface area contributed by atoms with E-state index in [0.29, 0.717) is 28.1 Å². The molecule has 0 aromatic heterocycles. The average molecular weight is 468 g/mol. The van der Waals surface area contributed by atoms with Crippen LogP contribution in [0.3, 0.4) is 0 Å². The lowest BCUT2D eigenvalue weighted by Crippen LogP contribution is -2.37. The Bertz CT molecular complexity index is 1160. The number of nitrogens with one attached hydrogen (secondary N) is 1. The van der Waals surface area contributed by atoms with Crippen molar-refractivity contribution in [2.75, 3.05) is 10.2 Å². The number of hydrogen-bond donors (Lipinski definition) is 1. The molecular formula is C24H19ClFN3O2S. The van der Waals surface area contributed by atoms with E-state index >= 15 is 0 Å². The molecule has 1 N–H and O–H groups in total. The first kappa shape index (κ1) is 21.9. The largest absolute Gasteiger partial charge is 0.332 e. The Labute approximate surface area is 195 Å². The predicted octanol–water partition coefficient (Wildman–Crippen LogP) is 5.01. The summed E-state index contributed by atoms with van der Waals surface area (Å²) in [6.45, 7) is 0.372. The van der Waals surface area contributed by atoms with Crippen molar-refractivity contribution in [3.63, 3.8) is 0 Å². The van der Waals surface area contributed by atoms with Crippen molar-refractivity contribution >= 4 is 52.1 Å². The monoisotopic (exact) mass is 467 g/mol.